The van der Waals surface area contributed by atoms with Crippen molar-refractivity contribution in [2.75, 3.05) is 37.5 Å². The molecule has 2 amide bonds. The van der Waals surface area contributed by atoms with E-state index in [1.165, 1.54) is 11.1 Å². The smallest absolute Gasteiger partial charge is 0.322 e. The minimum atomic E-state index is -0.111. The summed E-state index contributed by atoms with van der Waals surface area (Å²) in [5.41, 5.74) is 5.79. The van der Waals surface area contributed by atoms with Crippen LogP contribution in [0.25, 0.3) is 0 Å². The Hall–Kier alpha value is -2.99. The number of rotatable bonds is 14. The predicted octanol–water partition coefficient (Wildman–Crippen LogP) is 9.78. The zero-order valence-electron chi connectivity index (χ0n) is 26.9. The van der Waals surface area contributed by atoms with Gasteiger partial charge in [-0.2, -0.15) is 0 Å². The number of carbonyl (C=O) groups excluding carboxylic acids is 1. The Morgan fingerprint density at radius 2 is 1.55 bits per heavy atom. The molecule has 0 atom stereocenters. The molecule has 0 saturated carbocycles. The molecule has 3 rings (SSSR count). The number of unbranched alkanes of at least 4 members (excludes halogenated alkanes) is 1. The van der Waals surface area contributed by atoms with Gasteiger partial charge in [-0.1, -0.05) is 77.9 Å². The third kappa shape index (κ3) is 9.00. The Labute approximate surface area is 262 Å². The summed E-state index contributed by atoms with van der Waals surface area (Å²) in [7, 11) is 4.06. The van der Waals surface area contributed by atoms with Gasteiger partial charge in [0.25, 0.3) is 0 Å². The van der Waals surface area contributed by atoms with Crippen molar-refractivity contribution in [2.45, 2.75) is 84.6 Å². The second kappa shape index (κ2) is 15.0. The van der Waals surface area contributed by atoms with Crippen molar-refractivity contribution in [2.24, 2.45) is 0 Å². The number of urea groups is 1. The zero-order valence-corrected chi connectivity index (χ0v) is 28.5. The largest absolute Gasteiger partial charge is 0.493 e. The van der Waals surface area contributed by atoms with Crippen LogP contribution in [0.2, 0.25) is 0 Å². The van der Waals surface area contributed by atoms with Crippen LogP contribution in [-0.4, -0.2) is 38.2 Å². The lowest BCUT2D eigenvalue weighted by atomic mass is 9.76. The van der Waals surface area contributed by atoms with E-state index in [-0.39, 0.29) is 16.9 Å². The molecular formula is C36H50BrN3O2. The molecular weight excluding hydrogens is 586 g/mol. The van der Waals surface area contributed by atoms with Crippen molar-refractivity contribution < 1.29 is 9.53 Å². The molecule has 0 aliphatic carbocycles. The molecule has 6 heteroatoms. The maximum absolute atomic E-state index is 13.4. The molecule has 0 heterocycles. The van der Waals surface area contributed by atoms with Crippen molar-refractivity contribution >= 4 is 33.3 Å². The summed E-state index contributed by atoms with van der Waals surface area (Å²) in [6, 6.07) is 22.7. The second-order valence-electron chi connectivity index (χ2n) is 12.6. The number of hydrogen-bond donors (Lipinski definition) is 1. The molecule has 228 valence electrons. The molecule has 0 aliphatic heterocycles. The van der Waals surface area contributed by atoms with Crippen molar-refractivity contribution in [3.63, 3.8) is 0 Å². The number of carbonyl (C=O) groups is 1. The third-order valence-corrected chi connectivity index (χ3v) is 9.26. The first-order chi connectivity index (χ1) is 19.9. The Balaban J connectivity index is 1.68. The van der Waals surface area contributed by atoms with E-state index in [0.29, 0.717) is 19.7 Å². The van der Waals surface area contributed by atoms with Crippen molar-refractivity contribution in [1.29, 1.82) is 0 Å². The molecule has 0 spiro atoms. The van der Waals surface area contributed by atoms with Gasteiger partial charge < -0.3 is 19.9 Å². The van der Waals surface area contributed by atoms with E-state index >= 15 is 0 Å². The second-order valence-corrected chi connectivity index (χ2v) is 13.5. The third-order valence-electron chi connectivity index (χ3n) is 8.57. The quantitative estimate of drug-likeness (QED) is 0.179. The molecule has 42 heavy (non-hydrogen) atoms. The minimum Gasteiger partial charge on any atom is -0.493 e. The fourth-order valence-electron chi connectivity index (χ4n) is 4.72. The fourth-order valence-corrected chi connectivity index (χ4v) is 5.10. The molecule has 0 radical (unpaired) electrons. The first kappa shape index (κ1) is 33.5. The number of ether oxygens (including phenoxy) is 1. The molecule has 3 aromatic carbocycles. The van der Waals surface area contributed by atoms with Gasteiger partial charge in [-0.05, 0) is 93.9 Å². The zero-order chi connectivity index (χ0) is 30.9. The van der Waals surface area contributed by atoms with Crippen molar-refractivity contribution in [3.05, 3.63) is 87.9 Å². The van der Waals surface area contributed by atoms with Gasteiger partial charge in [0, 0.05) is 42.9 Å². The number of para-hydroxylation sites is 1. The van der Waals surface area contributed by atoms with E-state index in [4.69, 9.17) is 4.74 Å². The molecule has 5 nitrogen and oxygen atoms in total. The standard InChI is InChI=1S/C36H50BrN3O2/c1-9-35(3,4)28-19-22-33(30(25-28)36(5,6)10-2)42-24-14-13-23-40(26-27-17-20-29(21-18-27)39(7)8)34(41)38-32-16-12-11-15-31(32)37/h11-12,15-22,25H,9-10,13-14,23-24,26H2,1-8H3,(H,38,41). The summed E-state index contributed by atoms with van der Waals surface area (Å²) in [5, 5.41) is 3.08. The van der Waals surface area contributed by atoms with Crippen LogP contribution < -0.4 is 15.0 Å². The summed E-state index contributed by atoms with van der Waals surface area (Å²) in [6.45, 7) is 15.5. The Kier molecular flexibility index (Phi) is 11.9. The van der Waals surface area contributed by atoms with E-state index in [1.54, 1.807) is 0 Å². The van der Waals surface area contributed by atoms with Crippen LogP contribution in [0.15, 0.2) is 71.2 Å². The van der Waals surface area contributed by atoms with Gasteiger partial charge in [-0.25, -0.2) is 4.79 Å². The highest BCUT2D eigenvalue weighted by Gasteiger charge is 2.26. The summed E-state index contributed by atoms with van der Waals surface area (Å²) >= 11 is 3.55. The maximum Gasteiger partial charge on any atom is 0.322 e. The number of benzene rings is 3. The van der Waals surface area contributed by atoms with Crippen LogP contribution in [0, 0.1) is 0 Å². The van der Waals surface area contributed by atoms with E-state index < -0.39 is 0 Å². The first-order valence-electron chi connectivity index (χ1n) is 15.2. The topological polar surface area (TPSA) is 44.8 Å². The lowest BCUT2D eigenvalue weighted by molar-refractivity contribution is 0.205. The molecule has 3 aromatic rings. The number of hydrogen-bond acceptors (Lipinski definition) is 3. The van der Waals surface area contributed by atoms with Gasteiger partial charge in [-0.15, -0.1) is 0 Å². The van der Waals surface area contributed by atoms with Gasteiger partial charge in [-0.3, -0.25) is 0 Å². The molecule has 0 fully saturated rings. The van der Waals surface area contributed by atoms with Crippen LogP contribution in [0.5, 0.6) is 5.75 Å². The van der Waals surface area contributed by atoms with Gasteiger partial charge in [0.1, 0.15) is 5.75 Å². The van der Waals surface area contributed by atoms with Crippen LogP contribution in [0.3, 0.4) is 0 Å². The lowest BCUT2D eigenvalue weighted by Crippen LogP contribution is -2.35. The molecule has 0 bridgehead atoms. The highest BCUT2D eigenvalue weighted by atomic mass is 79.9. The van der Waals surface area contributed by atoms with E-state index in [9.17, 15) is 4.79 Å². The first-order valence-corrected chi connectivity index (χ1v) is 16.0. The minimum absolute atomic E-state index is 0.0257. The van der Waals surface area contributed by atoms with E-state index in [0.717, 1.165) is 52.8 Å². The molecule has 0 aliphatic rings. The van der Waals surface area contributed by atoms with Crippen LogP contribution >= 0.6 is 15.9 Å². The Morgan fingerprint density at radius 1 is 0.881 bits per heavy atom. The number of nitrogens with one attached hydrogen (secondary N) is 1. The van der Waals surface area contributed by atoms with E-state index in [1.807, 2.05) is 43.3 Å². The monoisotopic (exact) mass is 635 g/mol. The van der Waals surface area contributed by atoms with Crippen molar-refractivity contribution in [3.8, 4) is 5.75 Å². The normalized spacial score (nSPS) is 11.7. The highest BCUT2D eigenvalue weighted by molar-refractivity contribution is 9.10. The van der Waals surface area contributed by atoms with Gasteiger partial charge >= 0.3 is 6.03 Å². The molecule has 1 N–H and O–H groups in total. The molecule has 0 unspecified atom stereocenters. The average Bonchev–Trinajstić information content (AvgIpc) is 2.97. The van der Waals surface area contributed by atoms with Crippen LogP contribution in [0.1, 0.15) is 83.9 Å². The molecule has 0 aromatic heterocycles. The average molecular weight is 637 g/mol. The summed E-state index contributed by atoms with van der Waals surface area (Å²) in [6.07, 6.45) is 3.82. The molecule has 0 saturated heterocycles. The van der Waals surface area contributed by atoms with Crippen LogP contribution in [-0.2, 0) is 17.4 Å². The summed E-state index contributed by atoms with van der Waals surface area (Å²) in [4.78, 5) is 17.4. The van der Waals surface area contributed by atoms with Crippen molar-refractivity contribution in [1.82, 2.24) is 4.90 Å². The number of anilines is 2. The number of amides is 2. The summed E-state index contributed by atoms with van der Waals surface area (Å²) < 4.78 is 7.27. The fraction of sp³-hybridized carbons (Fsp3) is 0.472. The Morgan fingerprint density at radius 3 is 2.17 bits per heavy atom. The van der Waals surface area contributed by atoms with E-state index in [2.05, 4.69) is 110 Å². The summed E-state index contributed by atoms with van der Waals surface area (Å²) in [5.74, 6) is 0.974. The Bertz CT molecular complexity index is 1300. The maximum atomic E-state index is 13.4. The SMILES string of the molecule is CCC(C)(C)c1ccc(OCCCCN(Cc2ccc(N(C)C)cc2)C(=O)Nc2ccccc2Br)c(C(C)(C)CC)c1. The van der Waals surface area contributed by atoms with Crippen LogP contribution in [0.4, 0.5) is 16.2 Å². The number of nitrogens with zero attached hydrogens (tertiary/aromatic N) is 2. The highest BCUT2D eigenvalue weighted by Crippen LogP contribution is 2.38. The predicted molar refractivity (Wildman–Crippen MR) is 182 cm³/mol. The van der Waals surface area contributed by atoms with Gasteiger partial charge in [0.05, 0.1) is 12.3 Å². The van der Waals surface area contributed by atoms with Gasteiger partial charge in [0.2, 0.25) is 0 Å². The number of halogens is 1. The lowest BCUT2D eigenvalue weighted by Gasteiger charge is -2.30. The van der Waals surface area contributed by atoms with Gasteiger partial charge in [0.15, 0.2) is 0 Å².